The average Bonchev–Trinajstić information content (AvgIpc) is 2.98. The fraction of sp³-hybridized carbons (Fsp3) is 0.273. The first kappa shape index (κ1) is 20.8. The molecule has 0 radical (unpaired) electrons. The molecule has 1 aliphatic rings. The van der Waals surface area contributed by atoms with Crippen LogP contribution in [0.25, 0.3) is 11.3 Å². The van der Waals surface area contributed by atoms with Crippen molar-refractivity contribution in [2.24, 2.45) is 0 Å². The monoisotopic (exact) mass is 439 g/mol. The van der Waals surface area contributed by atoms with Crippen LogP contribution in [0.2, 0.25) is 5.02 Å². The molecule has 0 aliphatic carbocycles. The molecule has 0 atom stereocenters. The fourth-order valence-electron chi connectivity index (χ4n) is 3.75. The summed E-state index contributed by atoms with van der Waals surface area (Å²) in [5.74, 6) is 0.0451. The van der Waals surface area contributed by atoms with Crippen LogP contribution in [-0.2, 0) is 0 Å². The highest BCUT2D eigenvalue weighted by Crippen LogP contribution is 2.34. The molecule has 7 nitrogen and oxygen atoms in total. The van der Waals surface area contributed by atoms with Crippen LogP contribution in [0.3, 0.4) is 0 Å². The lowest BCUT2D eigenvalue weighted by Gasteiger charge is -2.23. The van der Waals surface area contributed by atoms with Gasteiger partial charge in [-0.25, -0.2) is 9.37 Å². The Morgan fingerprint density at radius 2 is 2.06 bits per heavy atom. The highest BCUT2D eigenvalue weighted by Gasteiger charge is 2.30. The number of rotatable bonds is 3. The van der Waals surface area contributed by atoms with E-state index >= 15 is 0 Å². The van der Waals surface area contributed by atoms with E-state index in [0.29, 0.717) is 49.7 Å². The van der Waals surface area contributed by atoms with E-state index in [1.54, 1.807) is 36.2 Å². The van der Waals surface area contributed by atoms with Crippen molar-refractivity contribution in [3.05, 3.63) is 64.3 Å². The third kappa shape index (κ3) is 3.97. The standard InChI is InChI=1S/C22H19ClFN5O2/c1-14-18(20(27-31-14)19-16(23)6-2-7-17(19)24)22(30)29-10-4-9-28(11-12-29)21-15(13-25)5-3-8-26-21/h2-3,5-8H,4,9-12H2,1H3. The molecule has 158 valence electrons. The van der Waals surface area contributed by atoms with E-state index in [1.165, 1.54) is 12.1 Å². The number of aromatic nitrogens is 2. The van der Waals surface area contributed by atoms with Gasteiger partial charge in [0, 0.05) is 32.4 Å². The molecule has 1 aromatic carbocycles. The Morgan fingerprint density at radius 1 is 1.23 bits per heavy atom. The molecule has 0 bridgehead atoms. The molecule has 9 heteroatoms. The normalized spacial score (nSPS) is 14.3. The van der Waals surface area contributed by atoms with Gasteiger partial charge in [0.05, 0.1) is 16.1 Å². The van der Waals surface area contributed by atoms with E-state index < -0.39 is 5.82 Å². The maximum absolute atomic E-state index is 14.5. The number of anilines is 1. The molecular formula is C22H19ClFN5O2. The number of aryl methyl sites for hydroxylation is 1. The third-order valence-corrected chi connectivity index (χ3v) is 5.58. The van der Waals surface area contributed by atoms with Crippen molar-refractivity contribution in [2.45, 2.75) is 13.3 Å². The lowest BCUT2D eigenvalue weighted by atomic mass is 10.0. The zero-order chi connectivity index (χ0) is 22.0. The van der Waals surface area contributed by atoms with Gasteiger partial charge in [-0.05, 0) is 37.6 Å². The highest BCUT2D eigenvalue weighted by atomic mass is 35.5. The van der Waals surface area contributed by atoms with Gasteiger partial charge in [0.15, 0.2) is 0 Å². The van der Waals surface area contributed by atoms with Crippen LogP contribution in [0, 0.1) is 24.1 Å². The molecular weight excluding hydrogens is 421 g/mol. The quantitative estimate of drug-likeness (QED) is 0.611. The van der Waals surface area contributed by atoms with Crippen molar-refractivity contribution in [3.63, 3.8) is 0 Å². The summed E-state index contributed by atoms with van der Waals surface area (Å²) in [6, 6.07) is 9.91. The largest absolute Gasteiger partial charge is 0.360 e. The van der Waals surface area contributed by atoms with Crippen molar-refractivity contribution in [2.75, 3.05) is 31.1 Å². The topological polar surface area (TPSA) is 86.3 Å². The minimum atomic E-state index is -0.573. The van der Waals surface area contributed by atoms with E-state index in [9.17, 15) is 14.4 Å². The Kier molecular flexibility index (Phi) is 5.87. The lowest BCUT2D eigenvalue weighted by Crippen LogP contribution is -2.36. The number of hydrogen-bond donors (Lipinski definition) is 0. The van der Waals surface area contributed by atoms with Gasteiger partial charge >= 0.3 is 0 Å². The van der Waals surface area contributed by atoms with Gasteiger partial charge in [0.2, 0.25) is 0 Å². The van der Waals surface area contributed by atoms with Crippen molar-refractivity contribution in [3.8, 4) is 17.3 Å². The number of hydrogen-bond acceptors (Lipinski definition) is 6. The van der Waals surface area contributed by atoms with Gasteiger partial charge in [-0.1, -0.05) is 22.8 Å². The third-order valence-electron chi connectivity index (χ3n) is 5.27. The summed E-state index contributed by atoms with van der Waals surface area (Å²) in [6.45, 7) is 3.70. The zero-order valence-electron chi connectivity index (χ0n) is 16.8. The van der Waals surface area contributed by atoms with E-state index in [1.807, 2.05) is 4.90 Å². The average molecular weight is 440 g/mol. The number of nitrogens with zero attached hydrogens (tertiary/aromatic N) is 5. The smallest absolute Gasteiger partial charge is 0.259 e. The Labute approximate surface area is 183 Å². The number of benzene rings is 1. The second-order valence-corrected chi connectivity index (χ2v) is 7.59. The first-order valence-electron chi connectivity index (χ1n) is 9.81. The first-order valence-corrected chi connectivity index (χ1v) is 10.2. The van der Waals surface area contributed by atoms with Crippen LogP contribution in [0.15, 0.2) is 41.1 Å². The second-order valence-electron chi connectivity index (χ2n) is 7.18. The number of pyridine rings is 1. The van der Waals surface area contributed by atoms with Gasteiger partial charge in [0.1, 0.15) is 34.7 Å². The number of carbonyl (C=O) groups is 1. The number of carbonyl (C=O) groups excluding carboxylic acids is 1. The molecule has 0 spiro atoms. The lowest BCUT2D eigenvalue weighted by molar-refractivity contribution is 0.0766. The summed E-state index contributed by atoms with van der Waals surface area (Å²) in [5.41, 5.74) is 0.848. The predicted molar refractivity (Wildman–Crippen MR) is 113 cm³/mol. The summed E-state index contributed by atoms with van der Waals surface area (Å²) in [5, 5.41) is 13.4. The Morgan fingerprint density at radius 3 is 2.84 bits per heavy atom. The van der Waals surface area contributed by atoms with Gasteiger partial charge in [0.25, 0.3) is 5.91 Å². The van der Waals surface area contributed by atoms with Crippen LogP contribution >= 0.6 is 11.6 Å². The van der Waals surface area contributed by atoms with E-state index in [-0.39, 0.29) is 27.8 Å². The molecule has 31 heavy (non-hydrogen) atoms. The molecule has 0 unspecified atom stereocenters. The van der Waals surface area contributed by atoms with Crippen molar-refractivity contribution < 1.29 is 13.7 Å². The van der Waals surface area contributed by atoms with E-state index in [0.717, 1.165) is 0 Å². The van der Waals surface area contributed by atoms with Crippen LogP contribution in [0.1, 0.15) is 28.1 Å². The Bertz CT molecular complexity index is 1150. The van der Waals surface area contributed by atoms with Crippen LogP contribution in [-0.4, -0.2) is 47.1 Å². The van der Waals surface area contributed by atoms with Gasteiger partial charge in [-0.2, -0.15) is 5.26 Å². The van der Waals surface area contributed by atoms with Crippen LogP contribution < -0.4 is 4.90 Å². The molecule has 1 saturated heterocycles. The molecule has 3 aromatic rings. The minimum absolute atomic E-state index is 0.0490. The van der Waals surface area contributed by atoms with E-state index in [2.05, 4.69) is 16.2 Å². The van der Waals surface area contributed by atoms with Gasteiger partial charge in [-0.3, -0.25) is 4.79 Å². The maximum atomic E-state index is 14.5. The highest BCUT2D eigenvalue weighted by molar-refractivity contribution is 6.33. The second kappa shape index (κ2) is 8.74. The Hall–Kier alpha value is -3.44. The predicted octanol–water partition coefficient (Wildman–Crippen LogP) is 4.06. The first-order chi connectivity index (χ1) is 15.0. The summed E-state index contributed by atoms with van der Waals surface area (Å²) in [7, 11) is 0. The number of halogens is 2. The van der Waals surface area contributed by atoms with Crippen LogP contribution in [0.4, 0.5) is 10.2 Å². The maximum Gasteiger partial charge on any atom is 0.259 e. The summed E-state index contributed by atoms with van der Waals surface area (Å²) >= 11 is 6.19. The zero-order valence-corrected chi connectivity index (χ0v) is 17.6. The molecule has 1 amide bonds. The number of amides is 1. The molecule has 1 fully saturated rings. The van der Waals surface area contributed by atoms with Gasteiger partial charge in [-0.15, -0.1) is 0 Å². The molecule has 0 N–H and O–H groups in total. The fourth-order valence-corrected chi connectivity index (χ4v) is 4.00. The molecule has 0 saturated carbocycles. The summed E-state index contributed by atoms with van der Waals surface area (Å²) < 4.78 is 19.7. The number of nitriles is 1. The Balaban J connectivity index is 1.61. The van der Waals surface area contributed by atoms with Crippen LogP contribution in [0.5, 0.6) is 0 Å². The molecule has 1 aliphatic heterocycles. The molecule has 2 aromatic heterocycles. The van der Waals surface area contributed by atoms with Gasteiger partial charge < -0.3 is 14.3 Å². The molecule has 3 heterocycles. The molecule has 4 rings (SSSR count). The SMILES string of the molecule is Cc1onc(-c2c(F)cccc2Cl)c1C(=O)N1CCCN(c2ncccc2C#N)CC1. The van der Waals surface area contributed by atoms with Crippen molar-refractivity contribution >= 4 is 23.3 Å². The van der Waals surface area contributed by atoms with E-state index in [4.69, 9.17) is 16.1 Å². The van der Waals surface area contributed by atoms with Crippen molar-refractivity contribution in [1.29, 1.82) is 5.26 Å². The minimum Gasteiger partial charge on any atom is -0.360 e. The van der Waals surface area contributed by atoms with Crippen molar-refractivity contribution in [1.82, 2.24) is 15.0 Å². The summed E-state index contributed by atoms with van der Waals surface area (Å²) in [6.07, 6.45) is 2.34. The summed E-state index contributed by atoms with van der Waals surface area (Å²) in [4.78, 5) is 21.4.